The minimum atomic E-state index is -0.667. The molecule has 2 N–H and O–H groups in total. The molecule has 2 rings (SSSR count). The van der Waals surface area contributed by atoms with Crippen LogP contribution in [0.1, 0.15) is 37.0 Å². The fourth-order valence-electron chi connectivity index (χ4n) is 2.63. The molecule has 0 spiro atoms. The molecule has 2 aromatic rings. The largest absolute Gasteiger partial charge is 0.445 e. The lowest BCUT2D eigenvalue weighted by Crippen LogP contribution is -2.47. The van der Waals surface area contributed by atoms with E-state index < -0.39 is 12.1 Å². The first-order chi connectivity index (χ1) is 12.9. The van der Waals surface area contributed by atoms with Crippen molar-refractivity contribution in [1.82, 2.24) is 5.32 Å². The van der Waals surface area contributed by atoms with Gasteiger partial charge in [-0.05, 0) is 48.6 Å². The number of hydrogen-bond acceptors (Lipinski definition) is 3. The summed E-state index contributed by atoms with van der Waals surface area (Å²) in [4.78, 5) is 24.9. The third-order valence-electron chi connectivity index (χ3n) is 4.76. The summed E-state index contributed by atoms with van der Waals surface area (Å²) in [6.07, 6.45) is 0.156. The van der Waals surface area contributed by atoms with E-state index in [4.69, 9.17) is 4.74 Å². The lowest BCUT2D eigenvalue weighted by Gasteiger charge is -2.23. The van der Waals surface area contributed by atoms with Gasteiger partial charge in [0.1, 0.15) is 12.6 Å². The van der Waals surface area contributed by atoms with Gasteiger partial charge in [0.25, 0.3) is 0 Å². The summed E-state index contributed by atoms with van der Waals surface area (Å²) in [5.74, 6) is -0.273. The van der Waals surface area contributed by atoms with Crippen LogP contribution in [0.4, 0.5) is 10.5 Å². The van der Waals surface area contributed by atoms with Gasteiger partial charge < -0.3 is 15.4 Å². The third kappa shape index (κ3) is 6.13. The first kappa shape index (κ1) is 20.5. The Morgan fingerprint density at radius 3 is 2.37 bits per heavy atom. The quantitative estimate of drug-likeness (QED) is 0.751. The zero-order chi connectivity index (χ0) is 19.8. The first-order valence-corrected chi connectivity index (χ1v) is 9.26. The monoisotopic (exact) mass is 368 g/mol. The highest BCUT2D eigenvalue weighted by molar-refractivity contribution is 5.96. The van der Waals surface area contributed by atoms with E-state index in [1.165, 1.54) is 0 Å². The van der Waals surface area contributed by atoms with Crippen LogP contribution < -0.4 is 10.6 Å². The van der Waals surface area contributed by atoms with Crippen LogP contribution in [0.25, 0.3) is 0 Å². The van der Waals surface area contributed by atoms with Crippen LogP contribution in [0.2, 0.25) is 0 Å². The summed E-state index contributed by atoms with van der Waals surface area (Å²) in [6.45, 7) is 8.10. The van der Waals surface area contributed by atoms with Crippen molar-refractivity contribution in [3.05, 3.63) is 65.2 Å². The first-order valence-electron chi connectivity index (χ1n) is 9.26. The molecule has 27 heavy (non-hydrogen) atoms. The number of nitrogens with one attached hydrogen (secondary N) is 2. The maximum absolute atomic E-state index is 12.7. The maximum atomic E-state index is 12.7. The molecule has 0 aliphatic rings. The number of carbonyl (C=O) groups is 2. The van der Waals surface area contributed by atoms with Crippen LogP contribution in [0.15, 0.2) is 48.5 Å². The predicted molar refractivity (Wildman–Crippen MR) is 108 cm³/mol. The van der Waals surface area contributed by atoms with Crippen LogP contribution in [-0.2, 0) is 16.1 Å². The Balaban J connectivity index is 1.99. The van der Waals surface area contributed by atoms with Gasteiger partial charge in [0.05, 0.1) is 0 Å². The molecule has 0 aromatic heterocycles. The summed E-state index contributed by atoms with van der Waals surface area (Å²) in [5.41, 5.74) is 3.88. The second-order valence-electron chi connectivity index (χ2n) is 6.86. The lowest BCUT2D eigenvalue weighted by atomic mass is 9.98. The Kier molecular flexibility index (Phi) is 7.41. The number of ether oxygens (including phenoxy) is 1. The normalized spacial score (nSPS) is 12.7. The van der Waals surface area contributed by atoms with Gasteiger partial charge in [0.2, 0.25) is 5.91 Å². The van der Waals surface area contributed by atoms with Crippen LogP contribution in [-0.4, -0.2) is 18.0 Å². The zero-order valence-corrected chi connectivity index (χ0v) is 16.4. The maximum Gasteiger partial charge on any atom is 0.408 e. The van der Waals surface area contributed by atoms with Crippen LogP contribution >= 0.6 is 0 Å². The molecular formula is C22H28N2O3. The van der Waals surface area contributed by atoms with Gasteiger partial charge in [-0.1, -0.05) is 56.7 Å². The Hall–Kier alpha value is -2.82. The zero-order valence-electron chi connectivity index (χ0n) is 16.4. The summed E-state index contributed by atoms with van der Waals surface area (Å²) in [7, 11) is 0. The van der Waals surface area contributed by atoms with E-state index in [1.54, 1.807) is 0 Å². The van der Waals surface area contributed by atoms with Crippen molar-refractivity contribution in [1.29, 1.82) is 0 Å². The molecule has 2 amide bonds. The van der Waals surface area contributed by atoms with Crippen LogP contribution in [0.5, 0.6) is 0 Å². The molecular weight excluding hydrogens is 340 g/mol. The van der Waals surface area contributed by atoms with Gasteiger partial charge in [0, 0.05) is 5.69 Å². The molecule has 2 atom stereocenters. The van der Waals surface area contributed by atoms with E-state index in [2.05, 4.69) is 10.6 Å². The van der Waals surface area contributed by atoms with Crippen molar-refractivity contribution in [2.75, 3.05) is 5.32 Å². The smallest absolute Gasteiger partial charge is 0.408 e. The average Bonchev–Trinajstić information content (AvgIpc) is 2.67. The number of anilines is 1. The molecule has 5 heteroatoms. The van der Waals surface area contributed by atoms with Crippen LogP contribution in [0.3, 0.4) is 0 Å². The number of benzene rings is 2. The number of rotatable bonds is 7. The van der Waals surface area contributed by atoms with Crippen molar-refractivity contribution in [2.45, 2.75) is 46.8 Å². The molecule has 2 aromatic carbocycles. The summed E-state index contributed by atoms with van der Waals surface area (Å²) >= 11 is 0. The highest BCUT2D eigenvalue weighted by Crippen LogP contribution is 2.16. The number of hydrogen-bond donors (Lipinski definition) is 2. The molecule has 0 aliphatic heterocycles. The molecule has 5 nitrogen and oxygen atoms in total. The second kappa shape index (κ2) is 9.76. The molecule has 144 valence electrons. The highest BCUT2D eigenvalue weighted by atomic mass is 16.5. The van der Waals surface area contributed by atoms with Crippen LogP contribution in [0, 0.1) is 19.8 Å². The number of amides is 2. The molecule has 0 aliphatic carbocycles. The molecule has 0 radical (unpaired) electrons. The highest BCUT2D eigenvalue weighted by Gasteiger charge is 2.26. The van der Waals surface area contributed by atoms with Crippen molar-refractivity contribution in [3.63, 3.8) is 0 Å². The number of aryl methyl sites for hydroxylation is 2. The molecule has 0 bridgehead atoms. The van der Waals surface area contributed by atoms with Crippen molar-refractivity contribution >= 4 is 17.7 Å². The third-order valence-corrected chi connectivity index (χ3v) is 4.76. The molecule has 0 saturated carbocycles. The van der Waals surface area contributed by atoms with E-state index in [1.807, 2.05) is 76.2 Å². The van der Waals surface area contributed by atoms with Gasteiger partial charge in [0.15, 0.2) is 0 Å². The molecule has 0 saturated heterocycles. The Bertz CT molecular complexity index is 774. The Morgan fingerprint density at radius 1 is 1.04 bits per heavy atom. The minimum absolute atomic E-state index is 0.0270. The van der Waals surface area contributed by atoms with Gasteiger partial charge in [-0.15, -0.1) is 0 Å². The van der Waals surface area contributed by atoms with Crippen molar-refractivity contribution < 1.29 is 14.3 Å². The van der Waals surface area contributed by atoms with Crippen molar-refractivity contribution in [2.24, 2.45) is 5.92 Å². The Morgan fingerprint density at radius 2 is 1.74 bits per heavy atom. The van der Waals surface area contributed by atoms with E-state index >= 15 is 0 Å². The summed E-state index contributed by atoms with van der Waals surface area (Å²) < 4.78 is 5.26. The molecule has 0 fully saturated rings. The minimum Gasteiger partial charge on any atom is -0.445 e. The van der Waals surface area contributed by atoms with E-state index in [0.29, 0.717) is 0 Å². The van der Waals surface area contributed by atoms with Gasteiger partial charge in [-0.3, -0.25) is 4.79 Å². The van der Waals surface area contributed by atoms with Gasteiger partial charge in [-0.25, -0.2) is 4.79 Å². The summed E-state index contributed by atoms with van der Waals surface area (Å²) in [5, 5.41) is 5.61. The van der Waals surface area contributed by atoms with Gasteiger partial charge in [-0.2, -0.15) is 0 Å². The van der Waals surface area contributed by atoms with Gasteiger partial charge >= 0.3 is 6.09 Å². The molecule has 0 heterocycles. The van der Waals surface area contributed by atoms with E-state index in [9.17, 15) is 9.59 Å². The van der Waals surface area contributed by atoms with E-state index in [0.717, 1.165) is 28.8 Å². The SMILES string of the molecule is CC[C@@H](C)[C@H](NC(=O)OCc1ccccc1)C(=O)Nc1ccc(C)c(C)c1. The molecule has 0 unspecified atom stereocenters. The average molecular weight is 368 g/mol. The second-order valence-corrected chi connectivity index (χ2v) is 6.86. The standard InChI is InChI=1S/C22H28N2O3/c1-5-15(2)20(21(25)23-19-12-11-16(3)17(4)13-19)24-22(26)27-14-18-9-7-6-8-10-18/h6-13,15,20H,5,14H2,1-4H3,(H,23,25)(H,24,26)/t15-,20+/m1/s1. The number of carbonyl (C=O) groups excluding carboxylic acids is 2. The fraction of sp³-hybridized carbons (Fsp3) is 0.364. The number of alkyl carbamates (subject to hydrolysis) is 1. The van der Waals surface area contributed by atoms with Crippen molar-refractivity contribution in [3.8, 4) is 0 Å². The Labute approximate surface area is 161 Å². The lowest BCUT2D eigenvalue weighted by molar-refractivity contribution is -0.119. The summed E-state index contributed by atoms with van der Waals surface area (Å²) in [6, 6.07) is 14.5. The predicted octanol–water partition coefficient (Wildman–Crippen LogP) is 4.58. The topological polar surface area (TPSA) is 67.4 Å². The fourth-order valence-corrected chi connectivity index (χ4v) is 2.63. The van der Waals surface area contributed by atoms with E-state index in [-0.39, 0.29) is 18.4 Å².